The number of benzene rings is 2. The fourth-order valence-corrected chi connectivity index (χ4v) is 2.95. The minimum atomic E-state index is 0.868. The van der Waals surface area contributed by atoms with Crippen LogP contribution in [0.3, 0.4) is 0 Å². The maximum atomic E-state index is 4.35. The molecule has 130 valence electrons. The SMILES string of the molecule is c1ccc2c(NCCCCNc3ncnc4ccccc34)ncnc2c1. The molecule has 26 heavy (non-hydrogen) atoms. The number of nitrogens with zero attached hydrogens (tertiary/aromatic N) is 4. The zero-order valence-corrected chi connectivity index (χ0v) is 14.4. The van der Waals surface area contributed by atoms with Crippen LogP contribution in [0.2, 0.25) is 0 Å². The van der Waals surface area contributed by atoms with Gasteiger partial charge in [-0.25, -0.2) is 19.9 Å². The maximum absolute atomic E-state index is 4.35. The van der Waals surface area contributed by atoms with Gasteiger partial charge in [-0.1, -0.05) is 24.3 Å². The second-order valence-corrected chi connectivity index (χ2v) is 6.04. The Kier molecular flexibility index (Phi) is 4.82. The first-order chi connectivity index (χ1) is 12.9. The van der Waals surface area contributed by atoms with E-state index in [1.807, 2.05) is 48.5 Å². The molecular formula is C20H20N6. The van der Waals surface area contributed by atoms with Crippen molar-refractivity contribution in [2.75, 3.05) is 23.7 Å². The Hall–Kier alpha value is -3.28. The Morgan fingerprint density at radius 1 is 0.577 bits per heavy atom. The molecule has 2 aromatic heterocycles. The van der Waals surface area contributed by atoms with Crippen LogP contribution in [0.15, 0.2) is 61.2 Å². The standard InChI is InChI=1S/C20H20N6/c1-3-9-17-15(7-1)19(25-13-23-17)21-11-5-6-12-22-20-16-8-2-4-10-18(16)24-14-26-20/h1-4,7-10,13-14H,5-6,11-12H2,(H,21,23,25)(H,22,24,26). The number of anilines is 2. The summed E-state index contributed by atoms with van der Waals surface area (Å²) in [5.74, 6) is 1.79. The summed E-state index contributed by atoms with van der Waals surface area (Å²) < 4.78 is 0. The predicted molar refractivity (Wildman–Crippen MR) is 105 cm³/mol. The molecule has 0 saturated heterocycles. The summed E-state index contributed by atoms with van der Waals surface area (Å²) >= 11 is 0. The second kappa shape index (κ2) is 7.74. The van der Waals surface area contributed by atoms with Gasteiger partial charge in [-0.3, -0.25) is 0 Å². The summed E-state index contributed by atoms with van der Waals surface area (Å²) in [4.78, 5) is 17.3. The van der Waals surface area contributed by atoms with Crippen molar-refractivity contribution in [2.24, 2.45) is 0 Å². The Balaban J connectivity index is 1.28. The highest BCUT2D eigenvalue weighted by atomic mass is 15.0. The third-order valence-corrected chi connectivity index (χ3v) is 4.27. The van der Waals surface area contributed by atoms with E-state index in [4.69, 9.17) is 0 Å². The quantitative estimate of drug-likeness (QED) is 0.496. The Bertz CT molecular complexity index is 923. The van der Waals surface area contributed by atoms with Crippen molar-refractivity contribution in [1.29, 1.82) is 0 Å². The van der Waals surface area contributed by atoms with Crippen molar-refractivity contribution in [3.8, 4) is 0 Å². The summed E-state index contributed by atoms with van der Waals surface area (Å²) in [5, 5.41) is 8.94. The number of fused-ring (bicyclic) bond motifs is 2. The lowest BCUT2D eigenvalue weighted by Crippen LogP contribution is -2.08. The van der Waals surface area contributed by atoms with E-state index in [-0.39, 0.29) is 0 Å². The first kappa shape index (κ1) is 16.2. The number of rotatable bonds is 7. The van der Waals surface area contributed by atoms with Gasteiger partial charge in [0, 0.05) is 23.9 Å². The normalized spacial score (nSPS) is 10.9. The Morgan fingerprint density at radius 2 is 1.04 bits per heavy atom. The molecule has 0 spiro atoms. The molecule has 4 aromatic rings. The van der Waals surface area contributed by atoms with Crippen LogP contribution in [0, 0.1) is 0 Å². The molecule has 2 N–H and O–H groups in total. The fourth-order valence-electron chi connectivity index (χ4n) is 2.95. The molecule has 0 atom stereocenters. The maximum Gasteiger partial charge on any atom is 0.137 e. The van der Waals surface area contributed by atoms with E-state index in [0.717, 1.165) is 59.4 Å². The Labute approximate surface area is 151 Å². The fraction of sp³-hybridized carbons (Fsp3) is 0.200. The van der Waals surface area contributed by atoms with Crippen molar-refractivity contribution in [1.82, 2.24) is 19.9 Å². The number of para-hydroxylation sites is 2. The largest absolute Gasteiger partial charge is 0.369 e. The highest BCUT2D eigenvalue weighted by Crippen LogP contribution is 2.19. The minimum absolute atomic E-state index is 0.868. The first-order valence-corrected chi connectivity index (χ1v) is 8.79. The number of unbranched alkanes of at least 4 members (excludes halogenated alkanes) is 1. The monoisotopic (exact) mass is 344 g/mol. The van der Waals surface area contributed by atoms with Gasteiger partial charge < -0.3 is 10.6 Å². The Morgan fingerprint density at radius 3 is 1.54 bits per heavy atom. The molecule has 0 radical (unpaired) electrons. The van der Waals surface area contributed by atoms with Crippen LogP contribution >= 0.6 is 0 Å². The van der Waals surface area contributed by atoms with Gasteiger partial charge in [-0.15, -0.1) is 0 Å². The molecule has 0 aliphatic heterocycles. The van der Waals surface area contributed by atoms with Gasteiger partial charge in [0.2, 0.25) is 0 Å². The third-order valence-electron chi connectivity index (χ3n) is 4.27. The summed E-state index contributed by atoms with van der Waals surface area (Å²) in [7, 11) is 0. The zero-order valence-electron chi connectivity index (χ0n) is 14.4. The van der Waals surface area contributed by atoms with Crippen molar-refractivity contribution in [3.63, 3.8) is 0 Å². The van der Waals surface area contributed by atoms with Crippen LogP contribution in [-0.2, 0) is 0 Å². The summed E-state index contributed by atoms with van der Waals surface area (Å²) in [5.41, 5.74) is 1.92. The van der Waals surface area contributed by atoms with E-state index in [1.165, 1.54) is 0 Å². The molecule has 2 aromatic carbocycles. The van der Waals surface area contributed by atoms with Gasteiger partial charge >= 0.3 is 0 Å². The van der Waals surface area contributed by atoms with Crippen LogP contribution in [0.25, 0.3) is 21.8 Å². The smallest absolute Gasteiger partial charge is 0.137 e. The summed E-state index contributed by atoms with van der Waals surface area (Å²) in [6, 6.07) is 16.1. The molecule has 0 aliphatic carbocycles. The molecule has 4 rings (SSSR count). The van der Waals surface area contributed by atoms with Crippen molar-refractivity contribution in [2.45, 2.75) is 12.8 Å². The zero-order chi connectivity index (χ0) is 17.6. The van der Waals surface area contributed by atoms with Gasteiger partial charge in [0.05, 0.1) is 11.0 Å². The molecule has 0 bridgehead atoms. The van der Waals surface area contributed by atoms with Crippen LogP contribution in [-0.4, -0.2) is 33.0 Å². The number of hydrogen-bond acceptors (Lipinski definition) is 6. The van der Waals surface area contributed by atoms with Gasteiger partial charge in [-0.2, -0.15) is 0 Å². The third kappa shape index (κ3) is 3.54. The van der Waals surface area contributed by atoms with Crippen molar-refractivity contribution >= 4 is 33.4 Å². The van der Waals surface area contributed by atoms with Gasteiger partial charge in [0.1, 0.15) is 24.3 Å². The van der Waals surface area contributed by atoms with Gasteiger partial charge in [-0.05, 0) is 37.1 Å². The van der Waals surface area contributed by atoms with Crippen molar-refractivity contribution < 1.29 is 0 Å². The second-order valence-electron chi connectivity index (χ2n) is 6.04. The lowest BCUT2D eigenvalue weighted by Gasteiger charge is -2.09. The number of aromatic nitrogens is 4. The molecule has 6 heteroatoms. The minimum Gasteiger partial charge on any atom is -0.369 e. The average Bonchev–Trinajstić information content (AvgIpc) is 2.71. The van der Waals surface area contributed by atoms with E-state index < -0.39 is 0 Å². The first-order valence-electron chi connectivity index (χ1n) is 8.79. The van der Waals surface area contributed by atoms with E-state index in [9.17, 15) is 0 Å². The van der Waals surface area contributed by atoms with Gasteiger partial charge in [0.15, 0.2) is 0 Å². The topological polar surface area (TPSA) is 75.6 Å². The predicted octanol–water partition coefficient (Wildman–Crippen LogP) is 3.88. The number of nitrogens with one attached hydrogen (secondary N) is 2. The van der Waals surface area contributed by atoms with E-state index in [1.54, 1.807) is 12.7 Å². The molecule has 0 saturated carbocycles. The summed E-state index contributed by atoms with van der Waals surface area (Å²) in [6.07, 6.45) is 5.28. The van der Waals surface area contributed by atoms with E-state index in [2.05, 4.69) is 30.6 Å². The molecule has 0 fully saturated rings. The highest BCUT2D eigenvalue weighted by Gasteiger charge is 2.03. The van der Waals surface area contributed by atoms with Crippen LogP contribution in [0.1, 0.15) is 12.8 Å². The lowest BCUT2D eigenvalue weighted by atomic mass is 10.2. The lowest BCUT2D eigenvalue weighted by molar-refractivity contribution is 0.792. The summed E-state index contributed by atoms with van der Waals surface area (Å²) in [6.45, 7) is 1.74. The molecule has 2 heterocycles. The van der Waals surface area contributed by atoms with Crippen LogP contribution in [0.4, 0.5) is 11.6 Å². The van der Waals surface area contributed by atoms with Crippen LogP contribution < -0.4 is 10.6 Å². The molecular weight excluding hydrogens is 324 g/mol. The number of hydrogen-bond donors (Lipinski definition) is 2. The van der Waals surface area contributed by atoms with E-state index in [0.29, 0.717) is 0 Å². The molecule has 0 amide bonds. The van der Waals surface area contributed by atoms with Crippen LogP contribution in [0.5, 0.6) is 0 Å². The molecule has 0 unspecified atom stereocenters. The highest BCUT2D eigenvalue weighted by molar-refractivity contribution is 5.89. The van der Waals surface area contributed by atoms with Gasteiger partial charge in [0.25, 0.3) is 0 Å². The van der Waals surface area contributed by atoms with E-state index >= 15 is 0 Å². The van der Waals surface area contributed by atoms with Crippen molar-refractivity contribution in [3.05, 3.63) is 61.2 Å². The average molecular weight is 344 g/mol. The molecule has 6 nitrogen and oxygen atoms in total. The molecule has 0 aliphatic rings.